The summed E-state index contributed by atoms with van der Waals surface area (Å²) in [6, 6.07) is 13.4. The molecule has 0 saturated carbocycles. The monoisotopic (exact) mass is 349 g/mol. The summed E-state index contributed by atoms with van der Waals surface area (Å²) in [6.45, 7) is 2.03. The highest BCUT2D eigenvalue weighted by Gasteiger charge is 2.13. The zero-order chi connectivity index (χ0) is 18.1. The molecule has 0 saturated heterocycles. The van der Waals surface area contributed by atoms with Crippen LogP contribution in [-0.2, 0) is 6.54 Å². The average Bonchev–Trinajstić information content (AvgIpc) is 3.22. The number of anilines is 1. The topological polar surface area (TPSA) is 90.3 Å². The summed E-state index contributed by atoms with van der Waals surface area (Å²) < 4.78 is 12.5. The van der Waals surface area contributed by atoms with Crippen molar-refractivity contribution in [2.75, 3.05) is 5.32 Å². The number of carbonyl (C=O) groups excluding carboxylic acids is 1. The van der Waals surface area contributed by atoms with Crippen LogP contribution in [0.15, 0.2) is 68.4 Å². The first-order valence-electron chi connectivity index (χ1n) is 8.01. The summed E-state index contributed by atoms with van der Waals surface area (Å²) in [6.07, 6.45) is 1.67. The van der Waals surface area contributed by atoms with E-state index in [1.165, 1.54) is 10.6 Å². The molecule has 130 valence electrons. The van der Waals surface area contributed by atoms with Gasteiger partial charge in [0.15, 0.2) is 17.2 Å². The van der Waals surface area contributed by atoms with Gasteiger partial charge < -0.3 is 18.7 Å². The summed E-state index contributed by atoms with van der Waals surface area (Å²) in [4.78, 5) is 28.4. The van der Waals surface area contributed by atoms with Crippen LogP contribution in [0.3, 0.4) is 0 Å². The van der Waals surface area contributed by atoms with Crippen molar-refractivity contribution in [1.29, 1.82) is 0 Å². The van der Waals surface area contributed by atoms with Gasteiger partial charge in [-0.1, -0.05) is 6.07 Å². The van der Waals surface area contributed by atoms with Gasteiger partial charge in [-0.25, -0.2) is 4.98 Å². The molecule has 1 N–H and O–H groups in total. The van der Waals surface area contributed by atoms with Crippen molar-refractivity contribution < 1.29 is 13.6 Å². The molecule has 7 heteroatoms. The highest BCUT2D eigenvalue weighted by atomic mass is 16.4. The molecule has 3 heterocycles. The average molecular weight is 349 g/mol. The molecule has 0 fully saturated rings. The summed E-state index contributed by atoms with van der Waals surface area (Å²) >= 11 is 0. The van der Waals surface area contributed by atoms with Gasteiger partial charge in [-0.15, -0.1) is 0 Å². The molecular formula is C19H15N3O4. The molecule has 0 aliphatic rings. The molecule has 4 aromatic rings. The predicted molar refractivity (Wildman–Crippen MR) is 95.2 cm³/mol. The van der Waals surface area contributed by atoms with Crippen LogP contribution in [0.2, 0.25) is 0 Å². The van der Waals surface area contributed by atoms with Crippen molar-refractivity contribution in [3.8, 4) is 0 Å². The van der Waals surface area contributed by atoms with Gasteiger partial charge in [0.1, 0.15) is 11.3 Å². The second-order valence-corrected chi connectivity index (χ2v) is 5.80. The second-order valence-electron chi connectivity index (χ2n) is 5.80. The van der Waals surface area contributed by atoms with Gasteiger partial charge in [0.25, 0.3) is 11.5 Å². The van der Waals surface area contributed by atoms with Crippen LogP contribution in [0.5, 0.6) is 0 Å². The number of amides is 1. The molecule has 0 aliphatic carbocycles. The normalized spacial score (nSPS) is 11.0. The zero-order valence-corrected chi connectivity index (χ0v) is 13.9. The number of nitrogens with one attached hydrogen (secondary N) is 1. The van der Waals surface area contributed by atoms with Gasteiger partial charge in [0.05, 0.1) is 6.54 Å². The maximum Gasteiger partial charge on any atom is 0.291 e. The maximum atomic E-state index is 12.4. The lowest BCUT2D eigenvalue weighted by Gasteiger charge is -2.03. The molecule has 0 bridgehead atoms. The Kier molecular flexibility index (Phi) is 3.89. The van der Waals surface area contributed by atoms with Gasteiger partial charge in [-0.2, -0.15) is 0 Å². The predicted octanol–water partition coefficient (Wildman–Crippen LogP) is 3.19. The minimum Gasteiger partial charge on any atom is -0.454 e. The lowest BCUT2D eigenvalue weighted by Crippen LogP contribution is -2.18. The van der Waals surface area contributed by atoms with E-state index in [1.54, 1.807) is 55.6 Å². The van der Waals surface area contributed by atoms with Crippen molar-refractivity contribution in [2.24, 2.45) is 0 Å². The summed E-state index contributed by atoms with van der Waals surface area (Å²) in [5.74, 6) is 0.873. The van der Waals surface area contributed by atoms with Gasteiger partial charge in [0, 0.05) is 24.9 Å². The molecule has 7 nitrogen and oxygen atoms in total. The van der Waals surface area contributed by atoms with Crippen LogP contribution in [0.25, 0.3) is 11.1 Å². The Hall–Kier alpha value is -3.61. The number of fused-ring (bicyclic) bond motifs is 1. The molecule has 1 aromatic carbocycles. The van der Waals surface area contributed by atoms with Crippen molar-refractivity contribution >= 4 is 22.7 Å². The standard InChI is InChI=1S/C19H15N3O4/c1-12-20-15-10-13(5-7-16(15)25-12)21-19(24)17-8-6-14(26-17)11-22-9-3-2-4-18(22)23/h2-10H,11H2,1H3,(H,21,24). The SMILES string of the molecule is Cc1nc2cc(NC(=O)c3ccc(Cn4ccccc4=O)o3)ccc2o1. The fourth-order valence-electron chi connectivity index (χ4n) is 2.66. The molecule has 0 aliphatic heterocycles. The third-order valence-electron chi connectivity index (χ3n) is 3.86. The lowest BCUT2D eigenvalue weighted by molar-refractivity contribution is 0.0995. The molecule has 1 amide bonds. The fraction of sp³-hybridized carbons (Fsp3) is 0.105. The number of hydrogen-bond acceptors (Lipinski definition) is 5. The third-order valence-corrected chi connectivity index (χ3v) is 3.86. The molecule has 0 spiro atoms. The number of furan rings is 1. The maximum absolute atomic E-state index is 12.4. The number of nitrogens with zero attached hydrogens (tertiary/aromatic N) is 2. The van der Waals surface area contributed by atoms with Crippen LogP contribution in [-0.4, -0.2) is 15.5 Å². The Bertz CT molecular complexity index is 1150. The zero-order valence-electron chi connectivity index (χ0n) is 13.9. The van der Waals surface area contributed by atoms with Gasteiger partial charge in [-0.05, 0) is 36.4 Å². The Balaban J connectivity index is 1.50. The largest absolute Gasteiger partial charge is 0.454 e. The van der Waals surface area contributed by atoms with Crippen molar-refractivity contribution in [3.05, 3.63) is 82.5 Å². The summed E-state index contributed by atoms with van der Waals surface area (Å²) in [5, 5.41) is 2.77. The first-order chi connectivity index (χ1) is 12.6. The van der Waals surface area contributed by atoms with E-state index >= 15 is 0 Å². The van der Waals surface area contributed by atoms with E-state index in [2.05, 4.69) is 10.3 Å². The number of oxazole rings is 1. The number of hydrogen-bond donors (Lipinski definition) is 1. The summed E-state index contributed by atoms with van der Waals surface area (Å²) in [5.41, 5.74) is 1.79. The van der Waals surface area contributed by atoms with E-state index in [9.17, 15) is 9.59 Å². The van der Waals surface area contributed by atoms with Crippen molar-refractivity contribution in [3.63, 3.8) is 0 Å². The Morgan fingerprint density at radius 2 is 2.04 bits per heavy atom. The molecule has 4 rings (SSSR count). The Morgan fingerprint density at radius 3 is 2.88 bits per heavy atom. The molecule has 0 unspecified atom stereocenters. The number of carbonyl (C=O) groups is 1. The number of rotatable bonds is 4. The minimum atomic E-state index is -0.378. The number of pyridine rings is 1. The molecular weight excluding hydrogens is 334 g/mol. The highest BCUT2D eigenvalue weighted by Crippen LogP contribution is 2.20. The number of benzene rings is 1. The van der Waals surface area contributed by atoms with Crippen molar-refractivity contribution in [2.45, 2.75) is 13.5 Å². The van der Waals surface area contributed by atoms with Crippen LogP contribution < -0.4 is 10.9 Å². The van der Waals surface area contributed by atoms with Gasteiger partial charge in [-0.3, -0.25) is 9.59 Å². The smallest absolute Gasteiger partial charge is 0.291 e. The Labute approximate surface area is 147 Å². The van der Waals surface area contributed by atoms with Gasteiger partial charge >= 0.3 is 0 Å². The first-order valence-corrected chi connectivity index (χ1v) is 8.01. The molecule has 0 radical (unpaired) electrons. The minimum absolute atomic E-state index is 0.133. The van der Waals surface area contributed by atoms with Gasteiger partial charge in [0.2, 0.25) is 0 Å². The quantitative estimate of drug-likeness (QED) is 0.611. The van der Waals surface area contributed by atoms with Crippen LogP contribution in [0.4, 0.5) is 5.69 Å². The molecule has 26 heavy (non-hydrogen) atoms. The van der Waals surface area contributed by atoms with Crippen molar-refractivity contribution in [1.82, 2.24) is 9.55 Å². The molecule has 3 aromatic heterocycles. The van der Waals surface area contributed by atoms with E-state index < -0.39 is 0 Å². The third kappa shape index (κ3) is 3.14. The number of aryl methyl sites for hydroxylation is 1. The number of aromatic nitrogens is 2. The van der Waals surface area contributed by atoms with Crippen LogP contribution in [0, 0.1) is 6.92 Å². The summed E-state index contributed by atoms with van der Waals surface area (Å²) in [7, 11) is 0. The highest BCUT2D eigenvalue weighted by molar-refractivity contribution is 6.03. The fourth-order valence-corrected chi connectivity index (χ4v) is 2.66. The lowest BCUT2D eigenvalue weighted by atomic mass is 10.3. The van der Waals surface area contributed by atoms with E-state index in [0.29, 0.717) is 28.4 Å². The van der Waals surface area contributed by atoms with E-state index in [4.69, 9.17) is 8.83 Å². The second kappa shape index (κ2) is 6.36. The van der Waals surface area contributed by atoms with E-state index in [-0.39, 0.29) is 23.8 Å². The van der Waals surface area contributed by atoms with E-state index in [0.717, 1.165) is 0 Å². The first kappa shape index (κ1) is 15.9. The van der Waals surface area contributed by atoms with Crippen LogP contribution >= 0.6 is 0 Å². The van der Waals surface area contributed by atoms with E-state index in [1.807, 2.05) is 0 Å². The Morgan fingerprint density at radius 1 is 1.15 bits per heavy atom. The molecule has 0 atom stereocenters. The van der Waals surface area contributed by atoms with Crippen LogP contribution in [0.1, 0.15) is 22.2 Å².